The smallest absolute Gasteiger partial charge is 0.0546 e. The second kappa shape index (κ2) is 12.4. The number of anilines is 6. The SMILES string of the molecule is Cc1ccc(N(c2ccc(C)c(C)c2)c2ccc3cc(N(c4ccc(C)c(C)c4)c4ccc(C)c(C)c4)c4ccccc4c3c2)cc1C. The molecule has 0 bridgehead atoms. The van der Waals surface area contributed by atoms with Crippen molar-refractivity contribution in [3.05, 3.63) is 166 Å². The quantitative estimate of drug-likeness (QED) is 0.170. The van der Waals surface area contributed by atoms with Crippen LogP contribution in [0.4, 0.5) is 34.1 Å². The maximum absolute atomic E-state index is 2.44. The lowest BCUT2D eigenvalue weighted by Gasteiger charge is -2.29. The average Bonchev–Trinajstić information content (AvgIpc) is 3.08. The van der Waals surface area contributed by atoms with E-state index < -0.39 is 0 Å². The standard InChI is InChI=1S/C46H44N2/c1-29-13-18-38(23-33(29)5)47(39-19-14-30(2)34(6)24-39)42-22-17-37-27-46(44-12-10-9-11-43(44)45(37)28-42)48(40-20-15-31(3)35(7)25-40)41-21-16-32(4)36(8)26-41/h9-28H,1-8H3. The fourth-order valence-corrected chi connectivity index (χ4v) is 6.73. The Morgan fingerprint density at radius 1 is 0.292 bits per heavy atom. The number of nitrogens with zero attached hydrogens (tertiary/aromatic N) is 2. The Balaban J connectivity index is 1.47. The van der Waals surface area contributed by atoms with Crippen LogP contribution in [0.15, 0.2) is 121 Å². The van der Waals surface area contributed by atoms with Crippen LogP contribution in [0.3, 0.4) is 0 Å². The maximum atomic E-state index is 2.44. The third-order valence-electron chi connectivity index (χ3n) is 10.3. The van der Waals surface area contributed by atoms with Crippen LogP contribution in [0.25, 0.3) is 21.5 Å². The number of fused-ring (bicyclic) bond motifs is 3. The van der Waals surface area contributed by atoms with Crippen LogP contribution in [-0.2, 0) is 0 Å². The second-order valence-corrected chi connectivity index (χ2v) is 13.6. The highest BCUT2D eigenvalue weighted by molar-refractivity contribution is 6.15. The molecule has 0 radical (unpaired) electrons. The van der Waals surface area contributed by atoms with Gasteiger partial charge in [-0.3, -0.25) is 0 Å². The van der Waals surface area contributed by atoms with Crippen LogP contribution in [0.5, 0.6) is 0 Å². The minimum absolute atomic E-state index is 1.15. The van der Waals surface area contributed by atoms with Gasteiger partial charge in [0.2, 0.25) is 0 Å². The topological polar surface area (TPSA) is 6.48 Å². The van der Waals surface area contributed by atoms with E-state index in [9.17, 15) is 0 Å². The van der Waals surface area contributed by atoms with E-state index in [1.54, 1.807) is 0 Å². The molecule has 0 heterocycles. The van der Waals surface area contributed by atoms with Gasteiger partial charge in [0, 0.05) is 33.8 Å². The number of hydrogen-bond acceptors (Lipinski definition) is 2. The third kappa shape index (κ3) is 5.62. The van der Waals surface area contributed by atoms with Crippen molar-refractivity contribution in [2.45, 2.75) is 55.4 Å². The first-order valence-electron chi connectivity index (χ1n) is 16.9. The number of aryl methyl sites for hydroxylation is 8. The highest BCUT2D eigenvalue weighted by Gasteiger charge is 2.20. The molecule has 0 aromatic heterocycles. The van der Waals surface area contributed by atoms with Gasteiger partial charge in [-0.1, -0.05) is 54.6 Å². The molecule has 2 heteroatoms. The summed E-state index contributed by atoms with van der Waals surface area (Å²) in [5, 5.41) is 4.92. The molecule has 7 aromatic carbocycles. The lowest BCUT2D eigenvalue weighted by molar-refractivity contribution is 1.23. The molecule has 0 aliphatic heterocycles. The molecule has 0 atom stereocenters. The van der Waals surface area contributed by atoms with E-state index in [4.69, 9.17) is 0 Å². The molecule has 0 N–H and O–H groups in total. The fraction of sp³-hybridized carbons (Fsp3) is 0.174. The zero-order valence-electron chi connectivity index (χ0n) is 29.4. The van der Waals surface area contributed by atoms with Gasteiger partial charge in [-0.2, -0.15) is 0 Å². The van der Waals surface area contributed by atoms with Crippen molar-refractivity contribution in [2.24, 2.45) is 0 Å². The first-order chi connectivity index (χ1) is 23.1. The Hall–Kier alpha value is -5.34. The highest BCUT2D eigenvalue weighted by atomic mass is 15.1. The average molecular weight is 625 g/mol. The van der Waals surface area contributed by atoms with Gasteiger partial charge in [0.15, 0.2) is 0 Å². The Labute approximate surface area is 285 Å². The molecule has 238 valence electrons. The van der Waals surface area contributed by atoms with Gasteiger partial charge in [0.05, 0.1) is 5.69 Å². The molecule has 7 aromatic rings. The van der Waals surface area contributed by atoms with Crippen molar-refractivity contribution in [3.8, 4) is 0 Å². The maximum Gasteiger partial charge on any atom is 0.0546 e. The third-order valence-corrected chi connectivity index (χ3v) is 10.3. The van der Waals surface area contributed by atoms with Gasteiger partial charge in [-0.15, -0.1) is 0 Å². The molecular weight excluding hydrogens is 581 g/mol. The van der Waals surface area contributed by atoms with Crippen molar-refractivity contribution >= 4 is 55.7 Å². The summed E-state index contributed by atoms with van der Waals surface area (Å²) in [6.45, 7) is 17.5. The molecule has 0 saturated heterocycles. The number of benzene rings is 7. The van der Waals surface area contributed by atoms with Crippen molar-refractivity contribution in [1.82, 2.24) is 0 Å². The monoisotopic (exact) mass is 624 g/mol. The minimum Gasteiger partial charge on any atom is -0.310 e. The summed E-state index contributed by atoms with van der Waals surface area (Å²) in [6.07, 6.45) is 0. The molecule has 0 saturated carbocycles. The first-order valence-corrected chi connectivity index (χ1v) is 16.9. The zero-order valence-corrected chi connectivity index (χ0v) is 29.4. The predicted molar refractivity (Wildman–Crippen MR) is 209 cm³/mol. The number of hydrogen-bond donors (Lipinski definition) is 0. The van der Waals surface area contributed by atoms with Crippen molar-refractivity contribution in [2.75, 3.05) is 9.80 Å². The molecule has 2 nitrogen and oxygen atoms in total. The van der Waals surface area contributed by atoms with Crippen LogP contribution in [0.1, 0.15) is 44.5 Å². The first kappa shape index (κ1) is 31.3. The Morgan fingerprint density at radius 3 is 1.10 bits per heavy atom. The molecule has 0 aliphatic carbocycles. The van der Waals surface area contributed by atoms with Crippen LogP contribution in [-0.4, -0.2) is 0 Å². The lowest BCUT2D eigenvalue weighted by Crippen LogP contribution is -2.12. The van der Waals surface area contributed by atoms with Crippen LogP contribution >= 0.6 is 0 Å². The largest absolute Gasteiger partial charge is 0.310 e. The van der Waals surface area contributed by atoms with Gasteiger partial charge < -0.3 is 9.80 Å². The second-order valence-electron chi connectivity index (χ2n) is 13.6. The molecule has 0 fully saturated rings. The van der Waals surface area contributed by atoms with Gasteiger partial charge in [0.25, 0.3) is 0 Å². The molecule has 7 rings (SSSR count). The Bertz CT molecular complexity index is 2240. The number of rotatable bonds is 6. The van der Waals surface area contributed by atoms with Crippen molar-refractivity contribution in [1.29, 1.82) is 0 Å². The molecule has 0 unspecified atom stereocenters. The van der Waals surface area contributed by atoms with E-state index in [-0.39, 0.29) is 0 Å². The minimum atomic E-state index is 1.15. The summed E-state index contributed by atoms with van der Waals surface area (Å²) < 4.78 is 0. The van der Waals surface area contributed by atoms with Crippen LogP contribution in [0, 0.1) is 55.4 Å². The summed E-state index contributed by atoms with van der Waals surface area (Å²) in [5.41, 5.74) is 17.3. The Kier molecular flexibility index (Phi) is 8.05. The van der Waals surface area contributed by atoms with Gasteiger partial charge >= 0.3 is 0 Å². The Morgan fingerprint density at radius 2 is 0.667 bits per heavy atom. The van der Waals surface area contributed by atoms with Gasteiger partial charge in [-0.05, 0) is 183 Å². The van der Waals surface area contributed by atoms with Gasteiger partial charge in [-0.25, -0.2) is 0 Å². The molecular formula is C46H44N2. The molecule has 48 heavy (non-hydrogen) atoms. The normalized spacial score (nSPS) is 11.3. The van der Waals surface area contributed by atoms with Gasteiger partial charge in [0.1, 0.15) is 0 Å². The summed E-state index contributed by atoms with van der Waals surface area (Å²) in [7, 11) is 0. The van der Waals surface area contributed by atoms with E-state index in [1.165, 1.54) is 71.7 Å². The summed E-state index contributed by atoms with van der Waals surface area (Å²) in [5.74, 6) is 0. The predicted octanol–water partition coefficient (Wildman–Crippen LogP) is 13.4. The van der Waals surface area contributed by atoms with Crippen molar-refractivity contribution in [3.63, 3.8) is 0 Å². The zero-order chi connectivity index (χ0) is 33.7. The molecule has 0 aliphatic rings. The summed E-state index contributed by atoms with van der Waals surface area (Å²) in [6, 6.07) is 45.4. The van der Waals surface area contributed by atoms with E-state index in [0.29, 0.717) is 0 Å². The molecule has 0 amide bonds. The van der Waals surface area contributed by atoms with Crippen LogP contribution in [0.2, 0.25) is 0 Å². The fourth-order valence-electron chi connectivity index (χ4n) is 6.73. The highest BCUT2D eigenvalue weighted by Crippen LogP contribution is 2.45. The van der Waals surface area contributed by atoms with Crippen LogP contribution < -0.4 is 9.80 Å². The lowest BCUT2D eigenvalue weighted by atomic mass is 9.97. The van der Waals surface area contributed by atoms with Crippen molar-refractivity contribution < 1.29 is 0 Å². The van der Waals surface area contributed by atoms with E-state index in [2.05, 4.69) is 187 Å². The van der Waals surface area contributed by atoms with E-state index in [1.807, 2.05) is 0 Å². The van der Waals surface area contributed by atoms with E-state index in [0.717, 1.165) is 28.4 Å². The molecule has 0 spiro atoms. The summed E-state index contributed by atoms with van der Waals surface area (Å²) >= 11 is 0. The van der Waals surface area contributed by atoms with E-state index >= 15 is 0 Å². The summed E-state index contributed by atoms with van der Waals surface area (Å²) in [4.78, 5) is 4.84.